The van der Waals surface area contributed by atoms with Crippen molar-refractivity contribution in [2.24, 2.45) is 35.0 Å². The first-order valence-corrected chi connectivity index (χ1v) is 13.7. The summed E-state index contributed by atoms with van der Waals surface area (Å²) in [7, 11) is 0. The lowest BCUT2D eigenvalue weighted by Gasteiger charge is -2.55. The molecule has 224 valence electrons. The van der Waals surface area contributed by atoms with E-state index in [4.69, 9.17) is 4.74 Å². The average Bonchev–Trinajstić information content (AvgIpc) is 3.39. The van der Waals surface area contributed by atoms with Crippen molar-refractivity contribution in [1.82, 2.24) is 0 Å². The second kappa shape index (κ2) is 9.87. The van der Waals surface area contributed by atoms with E-state index < -0.39 is 75.1 Å². The lowest BCUT2D eigenvalue weighted by molar-refractivity contribution is -0.991. The van der Waals surface area contributed by atoms with E-state index in [9.17, 15) is 44.8 Å². The maximum Gasteiger partial charge on any atom is 0.334 e. The summed E-state index contributed by atoms with van der Waals surface area (Å²) in [6.45, 7) is 4.80. The lowest BCUT2D eigenvalue weighted by atomic mass is 9.43. The van der Waals surface area contributed by atoms with Crippen molar-refractivity contribution in [1.29, 1.82) is 0 Å². The number of benzene rings is 2. The van der Waals surface area contributed by atoms with Gasteiger partial charge in [-0.05, 0) is 38.1 Å². The zero-order valence-corrected chi connectivity index (χ0v) is 23.3. The Bertz CT molecular complexity index is 1500. The first-order chi connectivity index (χ1) is 20.4. The van der Waals surface area contributed by atoms with Crippen LogP contribution in [0, 0.1) is 45.4 Å². The van der Waals surface area contributed by atoms with Gasteiger partial charge < -0.3 is 15.2 Å². The van der Waals surface area contributed by atoms with Crippen LogP contribution < -0.4 is 20.3 Å². The molecule has 43 heavy (non-hydrogen) atoms. The summed E-state index contributed by atoms with van der Waals surface area (Å²) < 4.78 is 5.36. The van der Waals surface area contributed by atoms with Gasteiger partial charge in [0.1, 0.15) is 0 Å². The van der Waals surface area contributed by atoms with Crippen LogP contribution in [0.1, 0.15) is 20.8 Å². The fraction of sp³-hybridized carbons (Fsp3) is 0.345. The minimum absolute atomic E-state index is 0.0163. The number of hydrogen-bond acceptors (Lipinski definition) is 10. The summed E-state index contributed by atoms with van der Waals surface area (Å²) >= 11 is 0. The highest BCUT2D eigenvalue weighted by atomic mass is 16.8. The van der Waals surface area contributed by atoms with Crippen LogP contribution in [0.4, 0.5) is 22.7 Å². The van der Waals surface area contributed by atoms with Crippen LogP contribution >= 0.6 is 0 Å². The van der Waals surface area contributed by atoms with Crippen molar-refractivity contribution in [3.8, 4) is 0 Å². The Balaban J connectivity index is 1.49. The maximum absolute atomic E-state index is 14.2. The molecule has 2 aromatic rings. The van der Waals surface area contributed by atoms with Gasteiger partial charge in [-0.2, -0.15) is 10.5 Å². The number of nitrogens with zero attached hydrogens (tertiary/aromatic N) is 2. The molecule has 3 fully saturated rings. The number of allylic oxidation sites excluding steroid dienone is 1. The fourth-order valence-corrected chi connectivity index (χ4v) is 7.82. The van der Waals surface area contributed by atoms with Gasteiger partial charge in [-0.1, -0.05) is 12.5 Å². The van der Waals surface area contributed by atoms with Gasteiger partial charge in [0, 0.05) is 41.2 Å². The number of hydrogen-bond donors (Lipinski definition) is 4. The molecule has 2 aliphatic heterocycles. The number of carbonyl (C=O) groups is 5. The van der Waals surface area contributed by atoms with Crippen LogP contribution in [0.15, 0.2) is 59.7 Å². The molecule has 2 bridgehead atoms. The number of carbonyl (C=O) groups excluding carboxylic acids is 5. The molecule has 4 amide bonds. The van der Waals surface area contributed by atoms with Gasteiger partial charge in [0.25, 0.3) is 0 Å². The average molecular weight is 593 g/mol. The minimum Gasteiger partial charge on any atom is -0.595 e. The zero-order valence-electron chi connectivity index (χ0n) is 23.3. The Kier molecular flexibility index (Phi) is 6.61. The van der Waals surface area contributed by atoms with Gasteiger partial charge in [0.2, 0.25) is 23.6 Å². The summed E-state index contributed by atoms with van der Waals surface area (Å²) in [5.74, 6) is -8.76. The molecule has 7 rings (SSSR count). The predicted molar refractivity (Wildman–Crippen MR) is 144 cm³/mol. The Morgan fingerprint density at radius 2 is 1.19 bits per heavy atom. The monoisotopic (exact) mass is 592 g/mol. The van der Waals surface area contributed by atoms with Crippen molar-refractivity contribution in [2.45, 2.75) is 20.8 Å². The molecule has 0 spiro atoms. The maximum atomic E-state index is 14.2. The first-order valence-electron chi connectivity index (χ1n) is 13.7. The highest BCUT2D eigenvalue weighted by Crippen LogP contribution is 2.68. The van der Waals surface area contributed by atoms with Crippen LogP contribution in [-0.4, -0.2) is 46.6 Å². The second-order valence-corrected chi connectivity index (χ2v) is 11.3. The van der Waals surface area contributed by atoms with E-state index in [2.05, 4.69) is 0 Å². The van der Waals surface area contributed by atoms with Crippen LogP contribution in [0.5, 0.6) is 0 Å². The third-order valence-electron chi connectivity index (χ3n) is 9.43. The fourth-order valence-electron chi connectivity index (χ4n) is 7.82. The predicted octanol–water partition coefficient (Wildman–Crippen LogP) is -0.0659. The number of quaternary nitrogens is 2. The number of ether oxygens (including phenoxy) is 1. The van der Waals surface area contributed by atoms with Gasteiger partial charge >= 0.3 is 5.97 Å². The molecule has 14 heteroatoms. The van der Waals surface area contributed by atoms with Gasteiger partial charge in [-0.3, -0.25) is 29.0 Å². The molecular weight excluding hydrogens is 564 g/mol. The lowest BCUT2D eigenvalue weighted by Crippen LogP contribution is -2.99. The van der Waals surface area contributed by atoms with Crippen molar-refractivity contribution in [2.75, 3.05) is 16.4 Å². The van der Waals surface area contributed by atoms with Gasteiger partial charge in [-0.15, -0.1) is 0 Å². The molecule has 2 aromatic carbocycles. The van der Waals surface area contributed by atoms with Crippen molar-refractivity contribution in [3.63, 3.8) is 0 Å². The second-order valence-electron chi connectivity index (χ2n) is 11.3. The van der Waals surface area contributed by atoms with Crippen molar-refractivity contribution < 1.29 is 49.6 Å². The molecule has 3 aliphatic carbocycles. The Labute approximate surface area is 244 Å². The zero-order chi connectivity index (χ0) is 31.1. The molecular formula is C29H28N4O10. The summed E-state index contributed by atoms with van der Waals surface area (Å²) in [6.07, 6.45) is 0. The standard InChI is InChI=1S/C29H28N4O10/c1-4-43-28(38)21-13(2)18-19-22(26(36)30(24(19)34)14-5-9-16(10-6-14)32(39)40)29(21,3)23-20(18)25(35)31(27(23)37)15-7-11-17(12-8-15)33(41)42/h5-12,18-20,22-23,32-33,39,41H,4H2,1-3H3. The number of anilines is 2. The van der Waals surface area contributed by atoms with Gasteiger partial charge in [0.15, 0.2) is 11.4 Å². The number of rotatable bonds is 6. The van der Waals surface area contributed by atoms with E-state index in [1.165, 1.54) is 48.5 Å². The van der Waals surface area contributed by atoms with Crippen LogP contribution in [0.25, 0.3) is 0 Å². The Hall–Kier alpha value is -4.31. The summed E-state index contributed by atoms with van der Waals surface area (Å²) in [5, 5.41) is 38.9. The normalized spacial score (nSPS) is 31.0. The largest absolute Gasteiger partial charge is 0.595 e. The Morgan fingerprint density at radius 1 is 0.791 bits per heavy atom. The summed E-state index contributed by atoms with van der Waals surface area (Å²) in [6, 6.07) is 10.4. The number of esters is 1. The highest BCUT2D eigenvalue weighted by molar-refractivity contribution is 6.27. The smallest absolute Gasteiger partial charge is 0.334 e. The van der Waals surface area contributed by atoms with E-state index >= 15 is 0 Å². The molecule has 1 saturated carbocycles. The van der Waals surface area contributed by atoms with Crippen LogP contribution in [0.3, 0.4) is 0 Å². The topological polar surface area (TPSA) is 197 Å². The van der Waals surface area contributed by atoms with Crippen molar-refractivity contribution in [3.05, 3.63) is 70.1 Å². The van der Waals surface area contributed by atoms with Crippen molar-refractivity contribution >= 4 is 52.3 Å². The molecule has 0 radical (unpaired) electrons. The number of nitrogens with one attached hydrogen (secondary N) is 2. The molecule has 0 aromatic heterocycles. The van der Waals surface area contributed by atoms with E-state index in [-0.39, 0.29) is 34.9 Å². The molecule has 4 N–H and O–H groups in total. The Morgan fingerprint density at radius 3 is 1.53 bits per heavy atom. The first kappa shape index (κ1) is 28.8. The SMILES string of the molecule is CCOC(=O)C1=C(C)C2C3C(=O)N(c4ccc([NH+]([O-])O)cc4)C(=O)C3C1(C)C1C(=O)N(c3ccc([NH+]([O-])O)cc3)C(=O)C21. The van der Waals surface area contributed by atoms with Crippen LogP contribution in [-0.2, 0) is 28.7 Å². The summed E-state index contributed by atoms with van der Waals surface area (Å²) in [5.41, 5.74) is -0.933. The molecule has 5 aliphatic rings. The van der Waals surface area contributed by atoms with E-state index in [0.717, 1.165) is 9.80 Å². The molecule has 14 nitrogen and oxygen atoms in total. The van der Waals surface area contributed by atoms with E-state index in [1.54, 1.807) is 20.8 Å². The van der Waals surface area contributed by atoms with Gasteiger partial charge in [0.05, 0.1) is 41.7 Å². The molecule has 2 saturated heterocycles. The quantitative estimate of drug-likeness (QED) is 0.200. The number of amides is 4. The van der Waals surface area contributed by atoms with E-state index in [1.807, 2.05) is 0 Å². The summed E-state index contributed by atoms with van der Waals surface area (Å²) in [4.78, 5) is 71.8. The van der Waals surface area contributed by atoms with Crippen LogP contribution in [0.2, 0.25) is 0 Å². The number of imide groups is 2. The third-order valence-corrected chi connectivity index (χ3v) is 9.43. The molecule has 2 heterocycles. The van der Waals surface area contributed by atoms with E-state index in [0.29, 0.717) is 5.57 Å². The highest BCUT2D eigenvalue weighted by Gasteiger charge is 2.77. The molecule has 6 atom stereocenters. The third kappa shape index (κ3) is 3.78. The molecule has 6 unspecified atom stereocenters. The van der Waals surface area contributed by atoms with Gasteiger partial charge in [-0.25, -0.2) is 15.2 Å². The minimum atomic E-state index is -1.61.